The molecule has 0 N–H and O–H groups in total. The Hall–Kier alpha value is -2.65. The molecule has 1 spiro atoms. The van der Waals surface area contributed by atoms with E-state index in [9.17, 15) is 9.59 Å². The molecule has 2 aromatic rings. The Bertz CT molecular complexity index is 854. The summed E-state index contributed by atoms with van der Waals surface area (Å²) < 4.78 is 0. The number of likely N-dealkylation sites (tertiary alicyclic amines) is 1. The monoisotopic (exact) mass is 351 g/mol. The van der Waals surface area contributed by atoms with E-state index in [2.05, 4.69) is 6.07 Å². The molecule has 25 heavy (non-hydrogen) atoms. The Morgan fingerprint density at radius 3 is 2.68 bits per heavy atom. The summed E-state index contributed by atoms with van der Waals surface area (Å²) in [6, 6.07) is 11.0. The van der Waals surface area contributed by atoms with Gasteiger partial charge in [0.25, 0.3) is 5.91 Å². The summed E-state index contributed by atoms with van der Waals surface area (Å²) in [4.78, 5) is 28.8. The molecule has 6 heteroatoms. The third kappa shape index (κ3) is 2.81. The van der Waals surface area contributed by atoms with Crippen LogP contribution in [0.2, 0.25) is 0 Å². The molecule has 2 aliphatic heterocycles. The first-order chi connectivity index (χ1) is 12.1. The number of carbonyl (C=O) groups is 2. The van der Waals surface area contributed by atoms with E-state index in [-0.39, 0.29) is 17.2 Å². The van der Waals surface area contributed by atoms with Gasteiger partial charge in [0, 0.05) is 42.5 Å². The molecule has 1 atom stereocenters. The highest BCUT2D eigenvalue weighted by Crippen LogP contribution is 2.42. The highest BCUT2D eigenvalue weighted by Gasteiger charge is 2.48. The molecule has 2 amide bonds. The van der Waals surface area contributed by atoms with Crippen molar-refractivity contribution in [3.63, 3.8) is 0 Å². The van der Waals surface area contributed by atoms with E-state index in [1.54, 1.807) is 17.0 Å². The van der Waals surface area contributed by atoms with Gasteiger partial charge in [-0.1, -0.05) is 0 Å². The number of anilines is 1. The van der Waals surface area contributed by atoms with Gasteiger partial charge >= 0.3 is 0 Å². The standard InChI is InChI=1S/C19H17N3O2S/c20-10-14-1-3-16(4-2-14)22-13-19(9-17(22)23)6-7-21(12-19)18(24)15-5-8-25-11-15/h1-5,8,11H,6-7,9,12-13H2. The number of thiophene rings is 1. The lowest BCUT2D eigenvalue weighted by molar-refractivity contribution is -0.117. The minimum atomic E-state index is -0.156. The van der Waals surface area contributed by atoms with Crippen molar-refractivity contribution in [2.75, 3.05) is 24.5 Å². The smallest absolute Gasteiger partial charge is 0.254 e. The fourth-order valence-corrected chi connectivity index (χ4v) is 4.43. The fraction of sp³-hybridized carbons (Fsp3) is 0.316. The van der Waals surface area contributed by atoms with Gasteiger partial charge in [-0.3, -0.25) is 9.59 Å². The Balaban J connectivity index is 1.50. The number of rotatable bonds is 2. The molecule has 2 saturated heterocycles. The number of amides is 2. The summed E-state index contributed by atoms with van der Waals surface area (Å²) in [5.74, 6) is 0.150. The SMILES string of the molecule is N#Cc1ccc(N2CC3(CCN(C(=O)c4ccsc4)C3)CC2=O)cc1. The molecule has 0 aliphatic carbocycles. The second kappa shape index (κ2) is 6.01. The van der Waals surface area contributed by atoms with Crippen LogP contribution in [0.3, 0.4) is 0 Å². The van der Waals surface area contributed by atoms with Gasteiger partial charge in [-0.15, -0.1) is 0 Å². The highest BCUT2D eigenvalue weighted by molar-refractivity contribution is 7.08. The molecule has 126 valence electrons. The van der Waals surface area contributed by atoms with Gasteiger partial charge in [-0.2, -0.15) is 16.6 Å². The summed E-state index contributed by atoms with van der Waals surface area (Å²) >= 11 is 1.52. The van der Waals surface area contributed by atoms with E-state index in [0.717, 1.165) is 17.7 Å². The number of hydrogen-bond donors (Lipinski definition) is 0. The van der Waals surface area contributed by atoms with Crippen molar-refractivity contribution >= 4 is 28.8 Å². The number of nitriles is 1. The third-order valence-corrected chi connectivity index (χ3v) is 5.81. The second-order valence-corrected chi connectivity index (χ2v) is 7.58. The maximum atomic E-state index is 12.6. The van der Waals surface area contributed by atoms with Crippen molar-refractivity contribution in [1.29, 1.82) is 5.26 Å². The lowest BCUT2D eigenvalue weighted by atomic mass is 9.86. The Morgan fingerprint density at radius 1 is 1.20 bits per heavy atom. The number of hydrogen-bond acceptors (Lipinski definition) is 4. The molecule has 5 nitrogen and oxygen atoms in total. The van der Waals surface area contributed by atoms with E-state index < -0.39 is 0 Å². The fourth-order valence-electron chi connectivity index (χ4n) is 3.80. The lowest BCUT2D eigenvalue weighted by Crippen LogP contribution is -2.34. The highest BCUT2D eigenvalue weighted by atomic mass is 32.1. The molecule has 4 rings (SSSR count). The van der Waals surface area contributed by atoms with E-state index in [1.807, 2.05) is 33.9 Å². The minimum absolute atomic E-state index is 0.0578. The van der Waals surface area contributed by atoms with Crippen LogP contribution in [0, 0.1) is 16.7 Å². The normalized spacial score (nSPS) is 22.6. The van der Waals surface area contributed by atoms with Crippen molar-refractivity contribution in [1.82, 2.24) is 4.90 Å². The third-order valence-electron chi connectivity index (χ3n) is 5.12. The molecule has 1 aromatic carbocycles. The second-order valence-electron chi connectivity index (χ2n) is 6.80. The molecule has 0 radical (unpaired) electrons. The molecule has 1 aromatic heterocycles. The maximum Gasteiger partial charge on any atom is 0.254 e. The first kappa shape index (κ1) is 15.9. The van der Waals surface area contributed by atoms with Gasteiger partial charge < -0.3 is 9.80 Å². The topological polar surface area (TPSA) is 64.4 Å². The summed E-state index contributed by atoms with van der Waals surface area (Å²) in [5, 5.41) is 12.7. The van der Waals surface area contributed by atoms with Crippen molar-refractivity contribution in [2.24, 2.45) is 5.41 Å². The van der Waals surface area contributed by atoms with Crippen molar-refractivity contribution in [3.05, 3.63) is 52.2 Å². The largest absolute Gasteiger partial charge is 0.338 e. The molecule has 2 aliphatic rings. The average Bonchev–Trinajstić information content (AvgIpc) is 3.36. The van der Waals surface area contributed by atoms with E-state index in [1.165, 1.54) is 11.3 Å². The summed E-state index contributed by atoms with van der Waals surface area (Å²) in [7, 11) is 0. The van der Waals surface area contributed by atoms with Gasteiger partial charge in [0.15, 0.2) is 0 Å². The zero-order chi connectivity index (χ0) is 17.4. The van der Waals surface area contributed by atoms with Crippen LogP contribution in [0.1, 0.15) is 28.8 Å². The molecule has 1 unspecified atom stereocenters. The predicted molar refractivity (Wildman–Crippen MR) is 95.4 cm³/mol. The number of nitrogens with zero attached hydrogens (tertiary/aromatic N) is 3. The molecule has 0 saturated carbocycles. The first-order valence-electron chi connectivity index (χ1n) is 8.22. The Morgan fingerprint density at radius 2 is 2.00 bits per heavy atom. The van der Waals surface area contributed by atoms with Gasteiger partial charge in [-0.25, -0.2) is 0 Å². The van der Waals surface area contributed by atoms with Gasteiger partial charge in [-0.05, 0) is 42.1 Å². The van der Waals surface area contributed by atoms with Gasteiger partial charge in [0.05, 0.1) is 17.2 Å². The Labute approximate surface area is 150 Å². The molecular weight excluding hydrogens is 334 g/mol. The Kier molecular flexibility index (Phi) is 3.81. The summed E-state index contributed by atoms with van der Waals surface area (Å²) in [5.41, 5.74) is 1.98. The molecule has 0 bridgehead atoms. The van der Waals surface area contributed by atoms with Crippen LogP contribution in [0.4, 0.5) is 5.69 Å². The van der Waals surface area contributed by atoms with Crippen LogP contribution in [-0.4, -0.2) is 36.3 Å². The van der Waals surface area contributed by atoms with E-state index in [4.69, 9.17) is 5.26 Å². The molecular formula is C19H17N3O2S. The minimum Gasteiger partial charge on any atom is -0.338 e. The summed E-state index contributed by atoms with van der Waals surface area (Å²) in [6.07, 6.45) is 1.32. The number of benzene rings is 1. The van der Waals surface area contributed by atoms with Crippen LogP contribution in [0.25, 0.3) is 0 Å². The van der Waals surface area contributed by atoms with Gasteiger partial charge in [0.2, 0.25) is 5.91 Å². The van der Waals surface area contributed by atoms with E-state index >= 15 is 0 Å². The lowest BCUT2D eigenvalue weighted by Gasteiger charge is -2.24. The van der Waals surface area contributed by atoms with Gasteiger partial charge in [0.1, 0.15) is 0 Å². The van der Waals surface area contributed by atoms with Crippen molar-refractivity contribution < 1.29 is 9.59 Å². The van der Waals surface area contributed by atoms with E-state index in [0.29, 0.717) is 31.6 Å². The molecule has 3 heterocycles. The average molecular weight is 351 g/mol. The molecule has 2 fully saturated rings. The number of carbonyl (C=O) groups excluding carboxylic acids is 2. The zero-order valence-electron chi connectivity index (χ0n) is 13.6. The zero-order valence-corrected chi connectivity index (χ0v) is 14.5. The van der Waals surface area contributed by atoms with Crippen LogP contribution in [-0.2, 0) is 4.79 Å². The van der Waals surface area contributed by atoms with Crippen LogP contribution >= 0.6 is 11.3 Å². The van der Waals surface area contributed by atoms with Crippen LogP contribution in [0.5, 0.6) is 0 Å². The van der Waals surface area contributed by atoms with Crippen molar-refractivity contribution in [2.45, 2.75) is 12.8 Å². The summed E-state index contributed by atoms with van der Waals surface area (Å²) in [6.45, 7) is 1.95. The maximum absolute atomic E-state index is 12.6. The predicted octanol–water partition coefficient (Wildman–Crippen LogP) is 2.89. The van der Waals surface area contributed by atoms with Crippen LogP contribution in [0.15, 0.2) is 41.1 Å². The van der Waals surface area contributed by atoms with Crippen molar-refractivity contribution in [3.8, 4) is 6.07 Å². The first-order valence-corrected chi connectivity index (χ1v) is 9.17. The quantitative estimate of drug-likeness (QED) is 0.836. The van der Waals surface area contributed by atoms with Crippen LogP contribution < -0.4 is 4.90 Å².